The van der Waals surface area contributed by atoms with Gasteiger partial charge in [-0.2, -0.15) is 4.98 Å². The van der Waals surface area contributed by atoms with Crippen molar-refractivity contribution in [2.24, 2.45) is 5.84 Å². The minimum atomic E-state index is 0.406. The molecule has 2 heterocycles. The lowest BCUT2D eigenvalue weighted by Crippen LogP contribution is -2.09. The number of hydrogen-bond acceptors (Lipinski definition) is 6. The number of hydrazine groups is 1. The molecule has 2 aromatic rings. The molecule has 2 aromatic heterocycles. The summed E-state index contributed by atoms with van der Waals surface area (Å²) >= 11 is 0. The van der Waals surface area contributed by atoms with E-state index in [1.165, 1.54) is 0 Å². The first-order valence-electron chi connectivity index (χ1n) is 4.03. The van der Waals surface area contributed by atoms with Gasteiger partial charge in [-0.05, 0) is 19.1 Å². The van der Waals surface area contributed by atoms with Gasteiger partial charge in [0.1, 0.15) is 0 Å². The summed E-state index contributed by atoms with van der Waals surface area (Å²) in [5.41, 5.74) is 3.15. The summed E-state index contributed by atoms with van der Waals surface area (Å²) in [5.74, 6) is 6.78. The lowest BCUT2D eigenvalue weighted by molar-refractivity contribution is 0.425. The molecule has 0 saturated carbocycles. The van der Waals surface area contributed by atoms with Crippen molar-refractivity contribution in [3.05, 3.63) is 24.2 Å². The molecule has 0 aliphatic carbocycles. The molecule has 0 aliphatic rings. The highest BCUT2D eigenvalue weighted by atomic mass is 16.5. The van der Waals surface area contributed by atoms with E-state index in [2.05, 4.69) is 20.6 Å². The lowest BCUT2D eigenvalue weighted by atomic mass is 10.2. The zero-order chi connectivity index (χ0) is 9.97. The minimum absolute atomic E-state index is 0.406. The smallest absolute Gasteiger partial charge is 0.261 e. The van der Waals surface area contributed by atoms with Gasteiger partial charge in [0.25, 0.3) is 5.89 Å². The van der Waals surface area contributed by atoms with Crippen LogP contribution in [0.15, 0.2) is 22.9 Å². The maximum atomic E-state index is 5.29. The van der Waals surface area contributed by atoms with Crippen LogP contribution in [0.5, 0.6) is 0 Å². The van der Waals surface area contributed by atoms with Gasteiger partial charge in [-0.25, -0.2) is 10.8 Å². The average molecular weight is 191 g/mol. The van der Waals surface area contributed by atoms with Crippen molar-refractivity contribution in [3.8, 4) is 11.5 Å². The van der Waals surface area contributed by atoms with Gasteiger partial charge < -0.3 is 9.95 Å². The lowest BCUT2D eigenvalue weighted by Gasteiger charge is -2.01. The third-order valence-electron chi connectivity index (χ3n) is 1.70. The van der Waals surface area contributed by atoms with E-state index in [9.17, 15) is 0 Å². The van der Waals surface area contributed by atoms with Crippen LogP contribution in [0.2, 0.25) is 0 Å². The Morgan fingerprint density at radius 1 is 1.50 bits per heavy atom. The fourth-order valence-electron chi connectivity index (χ4n) is 1.10. The molecule has 0 amide bonds. The SMILES string of the molecule is Cc1noc(-c2cccnc2NN)n1. The van der Waals surface area contributed by atoms with E-state index in [4.69, 9.17) is 10.4 Å². The number of anilines is 1. The van der Waals surface area contributed by atoms with Gasteiger partial charge in [-0.15, -0.1) is 0 Å². The number of nitrogen functional groups attached to an aromatic ring is 1. The first-order valence-corrected chi connectivity index (χ1v) is 4.03. The van der Waals surface area contributed by atoms with Gasteiger partial charge in [0.2, 0.25) is 0 Å². The summed E-state index contributed by atoms with van der Waals surface area (Å²) in [6.45, 7) is 1.75. The normalized spacial score (nSPS) is 10.1. The topological polar surface area (TPSA) is 89.9 Å². The monoisotopic (exact) mass is 191 g/mol. The molecule has 0 spiro atoms. The third-order valence-corrected chi connectivity index (χ3v) is 1.70. The van der Waals surface area contributed by atoms with Crippen LogP contribution in [0.1, 0.15) is 5.82 Å². The van der Waals surface area contributed by atoms with E-state index in [-0.39, 0.29) is 0 Å². The summed E-state index contributed by atoms with van der Waals surface area (Å²) in [7, 11) is 0. The molecule has 0 aromatic carbocycles. The van der Waals surface area contributed by atoms with E-state index in [1.54, 1.807) is 25.3 Å². The van der Waals surface area contributed by atoms with Crippen LogP contribution in [0.4, 0.5) is 5.82 Å². The van der Waals surface area contributed by atoms with Crippen LogP contribution < -0.4 is 11.3 Å². The van der Waals surface area contributed by atoms with Crippen molar-refractivity contribution in [1.29, 1.82) is 0 Å². The fraction of sp³-hybridized carbons (Fsp3) is 0.125. The van der Waals surface area contributed by atoms with E-state index in [0.29, 0.717) is 23.1 Å². The molecule has 6 heteroatoms. The number of nitrogens with zero attached hydrogens (tertiary/aromatic N) is 3. The van der Waals surface area contributed by atoms with Gasteiger partial charge in [0.15, 0.2) is 11.6 Å². The molecule has 72 valence electrons. The van der Waals surface area contributed by atoms with E-state index in [0.717, 1.165) is 0 Å². The first kappa shape index (κ1) is 8.64. The summed E-state index contributed by atoms with van der Waals surface area (Å²) in [5, 5.41) is 3.69. The van der Waals surface area contributed by atoms with Gasteiger partial charge in [-0.1, -0.05) is 5.16 Å². The average Bonchev–Trinajstić information content (AvgIpc) is 2.65. The van der Waals surface area contributed by atoms with Crippen molar-refractivity contribution in [2.75, 3.05) is 5.43 Å². The molecule has 0 bridgehead atoms. The summed E-state index contributed by atoms with van der Waals surface area (Å²) in [4.78, 5) is 8.10. The largest absolute Gasteiger partial charge is 0.334 e. The number of nitrogens with one attached hydrogen (secondary N) is 1. The molecule has 0 saturated heterocycles. The number of aromatic nitrogens is 3. The first-order chi connectivity index (χ1) is 6.81. The second-order valence-corrected chi connectivity index (χ2v) is 2.69. The van der Waals surface area contributed by atoms with E-state index in [1.807, 2.05) is 0 Å². The zero-order valence-electron chi connectivity index (χ0n) is 7.56. The van der Waals surface area contributed by atoms with E-state index >= 15 is 0 Å². The van der Waals surface area contributed by atoms with Crippen LogP contribution in [0, 0.1) is 6.92 Å². The van der Waals surface area contributed by atoms with Gasteiger partial charge >= 0.3 is 0 Å². The number of pyridine rings is 1. The molecule has 3 N–H and O–H groups in total. The molecular weight excluding hydrogens is 182 g/mol. The molecule has 6 nitrogen and oxygen atoms in total. The Morgan fingerprint density at radius 3 is 3.00 bits per heavy atom. The summed E-state index contributed by atoms with van der Waals surface area (Å²) in [6.07, 6.45) is 1.63. The maximum Gasteiger partial charge on any atom is 0.261 e. The van der Waals surface area contributed by atoms with Crippen molar-refractivity contribution in [1.82, 2.24) is 15.1 Å². The van der Waals surface area contributed by atoms with Gasteiger partial charge in [0, 0.05) is 6.20 Å². The van der Waals surface area contributed by atoms with Crippen molar-refractivity contribution in [3.63, 3.8) is 0 Å². The van der Waals surface area contributed by atoms with Crippen molar-refractivity contribution >= 4 is 5.82 Å². The molecule has 0 unspecified atom stereocenters. The van der Waals surface area contributed by atoms with Crippen LogP contribution in [-0.2, 0) is 0 Å². The van der Waals surface area contributed by atoms with Crippen LogP contribution in [-0.4, -0.2) is 15.1 Å². The highest BCUT2D eigenvalue weighted by molar-refractivity contribution is 5.67. The number of nitrogens with two attached hydrogens (primary N) is 1. The Bertz CT molecular complexity index is 439. The number of aryl methyl sites for hydroxylation is 1. The fourth-order valence-corrected chi connectivity index (χ4v) is 1.10. The molecule has 2 rings (SSSR count). The Balaban J connectivity index is 2.50. The highest BCUT2D eigenvalue weighted by Gasteiger charge is 2.10. The standard InChI is InChI=1S/C8H9N5O/c1-5-11-8(14-13-5)6-3-2-4-10-7(6)12-9/h2-4H,9H2,1H3,(H,10,12). The molecule has 0 aliphatic heterocycles. The van der Waals surface area contributed by atoms with Crippen molar-refractivity contribution in [2.45, 2.75) is 6.92 Å². The number of rotatable bonds is 2. The molecule has 0 fully saturated rings. The number of hydrogen-bond donors (Lipinski definition) is 2. The molecular formula is C8H9N5O. The molecule has 14 heavy (non-hydrogen) atoms. The minimum Gasteiger partial charge on any atom is -0.334 e. The Kier molecular flexibility index (Phi) is 2.11. The quantitative estimate of drug-likeness (QED) is 0.537. The van der Waals surface area contributed by atoms with E-state index < -0.39 is 0 Å². The van der Waals surface area contributed by atoms with Crippen LogP contribution >= 0.6 is 0 Å². The summed E-state index contributed by atoms with van der Waals surface area (Å²) < 4.78 is 5.00. The maximum absolute atomic E-state index is 5.29. The van der Waals surface area contributed by atoms with Crippen LogP contribution in [0.25, 0.3) is 11.5 Å². The Morgan fingerprint density at radius 2 is 2.36 bits per heavy atom. The third kappa shape index (κ3) is 1.42. The van der Waals surface area contributed by atoms with Gasteiger partial charge in [0.05, 0.1) is 5.56 Å². The Labute approximate surface area is 80.1 Å². The second kappa shape index (κ2) is 3.43. The predicted molar refractivity (Wildman–Crippen MR) is 50.1 cm³/mol. The molecule has 0 atom stereocenters. The molecule has 0 radical (unpaired) electrons. The summed E-state index contributed by atoms with van der Waals surface area (Å²) in [6, 6.07) is 3.57. The second-order valence-electron chi connectivity index (χ2n) is 2.69. The van der Waals surface area contributed by atoms with Crippen LogP contribution in [0.3, 0.4) is 0 Å². The van der Waals surface area contributed by atoms with Gasteiger partial charge in [-0.3, -0.25) is 0 Å². The highest BCUT2D eigenvalue weighted by Crippen LogP contribution is 2.22. The van der Waals surface area contributed by atoms with Crippen molar-refractivity contribution < 1.29 is 4.52 Å². The predicted octanol–water partition coefficient (Wildman–Crippen LogP) is 0.726. The Hall–Kier alpha value is -1.95. The zero-order valence-corrected chi connectivity index (χ0v) is 7.56.